The number of rotatable bonds is 3. The molecule has 7 nitrogen and oxygen atoms in total. The van der Waals surface area contributed by atoms with Crippen molar-refractivity contribution in [3.63, 3.8) is 0 Å². The highest BCUT2D eigenvalue weighted by atomic mass is 16.6. The van der Waals surface area contributed by atoms with Crippen LogP contribution in [-0.2, 0) is 16.1 Å². The molecule has 34 heavy (non-hydrogen) atoms. The predicted octanol–water partition coefficient (Wildman–Crippen LogP) is 5.63. The number of para-hydroxylation sites is 1. The molecule has 0 saturated carbocycles. The Morgan fingerprint density at radius 1 is 1.00 bits per heavy atom. The number of nitrogens with one attached hydrogen (secondary N) is 1. The number of aromatic amines is 1. The molecule has 1 aromatic heterocycles. The number of H-pyrrole nitrogens is 1. The van der Waals surface area contributed by atoms with Gasteiger partial charge >= 0.3 is 12.2 Å². The molecule has 3 atom stereocenters. The van der Waals surface area contributed by atoms with E-state index in [1.807, 2.05) is 80.4 Å². The number of hydrogen-bond donors (Lipinski definition) is 1. The maximum atomic E-state index is 13.5. The normalized spacial score (nSPS) is 22.1. The van der Waals surface area contributed by atoms with Crippen LogP contribution >= 0.6 is 0 Å². The number of fused-ring (bicyclic) bond motifs is 2. The van der Waals surface area contributed by atoms with Crippen molar-refractivity contribution in [3.8, 4) is 0 Å². The van der Waals surface area contributed by atoms with Crippen molar-refractivity contribution in [2.24, 2.45) is 0 Å². The van der Waals surface area contributed by atoms with Crippen LogP contribution in [0.25, 0.3) is 10.9 Å². The molecule has 0 spiro atoms. The minimum absolute atomic E-state index is 0.113. The topological polar surface area (TPSA) is 74.9 Å². The first-order valence-corrected chi connectivity index (χ1v) is 11.9. The van der Waals surface area contributed by atoms with E-state index in [-0.39, 0.29) is 36.9 Å². The number of benzene rings is 2. The van der Waals surface area contributed by atoms with Gasteiger partial charge in [-0.1, -0.05) is 48.5 Å². The molecule has 2 aliphatic rings. The Balaban J connectivity index is 1.44. The van der Waals surface area contributed by atoms with Crippen molar-refractivity contribution in [2.45, 2.75) is 63.9 Å². The highest BCUT2D eigenvalue weighted by Crippen LogP contribution is 2.45. The van der Waals surface area contributed by atoms with Crippen molar-refractivity contribution >= 4 is 23.1 Å². The van der Waals surface area contributed by atoms with E-state index in [0.29, 0.717) is 19.4 Å². The summed E-state index contributed by atoms with van der Waals surface area (Å²) in [6, 6.07) is 17.3. The van der Waals surface area contributed by atoms with E-state index in [0.717, 1.165) is 22.0 Å². The quantitative estimate of drug-likeness (QED) is 0.549. The summed E-state index contributed by atoms with van der Waals surface area (Å²) in [7, 11) is 0. The van der Waals surface area contributed by atoms with E-state index in [4.69, 9.17) is 9.47 Å². The molecule has 0 aliphatic carbocycles. The second-order valence-electron chi connectivity index (χ2n) is 10.1. The van der Waals surface area contributed by atoms with Crippen LogP contribution in [-0.4, -0.2) is 51.2 Å². The Labute approximate surface area is 199 Å². The van der Waals surface area contributed by atoms with Crippen LogP contribution in [0.3, 0.4) is 0 Å². The Kier molecular flexibility index (Phi) is 5.71. The van der Waals surface area contributed by atoms with Gasteiger partial charge in [0.05, 0.1) is 18.1 Å². The summed E-state index contributed by atoms with van der Waals surface area (Å²) in [6.45, 7) is 6.39. The highest BCUT2D eigenvalue weighted by Gasteiger charge is 2.53. The van der Waals surface area contributed by atoms with Crippen molar-refractivity contribution < 1.29 is 19.1 Å². The summed E-state index contributed by atoms with van der Waals surface area (Å²) in [6.07, 6.45) is 2.65. The second-order valence-corrected chi connectivity index (χ2v) is 10.1. The maximum absolute atomic E-state index is 13.5. The molecule has 3 aromatic rings. The molecule has 5 rings (SSSR count). The van der Waals surface area contributed by atoms with Crippen molar-refractivity contribution in [1.82, 2.24) is 14.8 Å². The Bertz CT molecular complexity index is 1180. The van der Waals surface area contributed by atoms with Gasteiger partial charge in [0, 0.05) is 29.2 Å². The van der Waals surface area contributed by atoms with E-state index >= 15 is 0 Å². The number of likely N-dealkylation sites (tertiary alicyclic amines) is 2. The van der Waals surface area contributed by atoms with Crippen molar-refractivity contribution in [2.75, 3.05) is 6.54 Å². The molecule has 2 amide bonds. The van der Waals surface area contributed by atoms with Gasteiger partial charge < -0.3 is 19.4 Å². The third-order valence-electron chi connectivity index (χ3n) is 6.69. The SMILES string of the molecule is CC(C)(C)OC(=O)N1CC[C@@H]2[C@H]1CC(c1c[nH]c3ccccc13)N2C(=O)OCc1ccccc1. The monoisotopic (exact) mass is 461 g/mol. The van der Waals surface area contributed by atoms with Gasteiger partial charge in [0.25, 0.3) is 0 Å². The number of ether oxygens (including phenoxy) is 2. The van der Waals surface area contributed by atoms with Crippen LogP contribution in [0, 0.1) is 0 Å². The number of nitrogens with zero attached hydrogens (tertiary/aromatic N) is 2. The molecule has 2 aliphatic heterocycles. The van der Waals surface area contributed by atoms with Crippen molar-refractivity contribution in [3.05, 3.63) is 71.9 Å². The number of carbonyl (C=O) groups is 2. The summed E-state index contributed by atoms with van der Waals surface area (Å²) in [5, 5.41) is 1.08. The van der Waals surface area contributed by atoms with Gasteiger partial charge in [0.1, 0.15) is 12.2 Å². The molecule has 0 radical (unpaired) electrons. The fraction of sp³-hybridized carbons (Fsp3) is 0.407. The number of carbonyl (C=O) groups excluding carboxylic acids is 2. The van der Waals surface area contributed by atoms with Crippen LogP contribution < -0.4 is 0 Å². The molecular formula is C27H31N3O4. The summed E-state index contributed by atoms with van der Waals surface area (Å²) in [5.41, 5.74) is 2.44. The fourth-order valence-corrected chi connectivity index (χ4v) is 5.27. The lowest BCUT2D eigenvalue weighted by Crippen LogP contribution is -2.43. The van der Waals surface area contributed by atoms with Gasteiger partial charge in [-0.15, -0.1) is 0 Å². The molecule has 178 valence electrons. The van der Waals surface area contributed by atoms with Crippen LogP contribution in [0.4, 0.5) is 9.59 Å². The van der Waals surface area contributed by atoms with Crippen molar-refractivity contribution in [1.29, 1.82) is 0 Å². The minimum atomic E-state index is -0.571. The van der Waals surface area contributed by atoms with Crippen LogP contribution in [0.1, 0.15) is 50.8 Å². The van der Waals surface area contributed by atoms with E-state index in [9.17, 15) is 9.59 Å². The molecular weight excluding hydrogens is 430 g/mol. The second kappa shape index (κ2) is 8.70. The molecule has 1 unspecified atom stereocenters. The molecule has 1 N–H and O–H groups in total. The van der Waals surface area contributed by atoms with Crippen LogP contribution in [0.15, 0.2) is 60.8 Å². The average Bonchev–Trinajstić information content (AvgIpc) is 3.49. The van der Waals surface area contributed by atoms with Gasteiger partial charge in [-0.05, 0) is 45.2 Å². The zero-order valence-electron chi connectivity index (χ0n) is 19.9. The smallest absolute Gasteiger partial charge is 0.410 e. The first-order valence-electron chi connectivity index (χ1n) is 11.9. The van der Waals surface area contributed by atoms with Gasteiger partial charge in [0.15, 0.2) is 0 Å². The zero-order valence-corrected chi connectivity index (χ0v) is 19.9. The molecule has 7 heteroatoms. The first-order chi connectivity index (χ1) is 16.3. The lowest BCUT2D eigenvalue weighted by Gasteiger charge is -2.28. The largest absolute Gasteiger partial charge is 0.445 e. The molecule has 2 fully saturated rings. The third kappa shape index (κ3) is 4.22. The van der Waals surface area contributed by atoms with Gasteiger partial charge in [-0.3, -0.25) is 4.90 Å². The summed E-state index contributed by atoms with van der Waals surface area (Å²) >= 11 is 0. The summed E-state index contributed by atoms with van der Waals surface area (Å²) in [4.78, 5) is 33.4. The van der Waals surface area contributed by atoms with Gasteiger partial charge in [-0.25, -0.2) is 9.59 Å². The van der Waals surface area contributed by atoms with E-state index in [1.165, 1.54) is 0 Å². The highest BCUT2D eigenvalue weighted by molar-refractivity contribution is 5.84. The van der Waals surface area contributed by atoms with Crippen LogP contribution in [0.5, 0.6) is 0 Å². The molecule has 2 aromatic carbocycles. The summed E-state index contributed by atoms with van der Waals surface area (Å²) in [5.74, 6) is 0. The Morgan fingerprint density at radius 2 is 1.74 bits per heavy atom. The van der Waals surface area contributed by atoms with E-state index in [2.05, 4.69) is 11.1 Å². The number of hydrogen-bond acceptors (Lipinski definition) is 4. The maximum Gasteiger partial charge on any atom is 0.410 e. The fourth-order valence-electron chi connectivity index (χ4n) is 5.27. The Morgan fingerprint density at radius 3 is 2.50 bits per heavy atom. The van der Waals surface area contributed by atoms with Crippen LogP contribution in [0.2, 0.25) is 0 Å². The molecule has 2 saturated heterocycles. The van der Waals surface area contributed by atoms with E-state index < -0.39 is 5.60 Å². The minimum Gasteiger partial charge on any atom is -0.445 e. The van der Waals surface area contributed by atoms with E-state index in [1.54, 1.807) is 4.90 Å². The lowest BCUT2D eigenvalue weighted by molar-refractivity contribution is 0.0220. The van der Waals surface area contributed by atoms with Gasteiger partial charge in [-0.2, -0.15) is 0 Å². The Hall–Kier alpha value is -3.48. The summed E-state index contributed by atoms with van der Waals surface area (Å²) < 4.78 is 11.5. The molecule has 0 bridgehead atoms. The number of amides is 2. The molecule has 3 heterocycles. The number of aromatic nitrogens is 1. The first kappa shape index (κ1) is 22.3. The average molecular weight is 462 g/mol. The van der Waals surface area contributed by atoms with Gasteiger partial charge in [0.2, 0.25) is 0 Å². The predicted molar refractivity (Wildman–Crippen MR) is 129 cm³/mol. The standard InChI is InChI=1S/C27H31N3O4/c1-27(2,3)34-25(31)29-14-13-22-24(29)15-23(20-16-28-21-12-8-7-11-19(20)21)30(22)26(32)33-17-18-9-5-4-6-10-18/h4-12,16,22-24,28H,13-15,17H2,1-3H3/t22-,23?,24-/m1/s1. The lowest BCUT2D eigenvalue weighted by atomic mass is 10.0. The zero-order chi connectivity index (χ0) is 23.9. The third-order valence-corrected chi connectivity index (χ3v) is 6.69.